The highest BCUT2D eigenvalue weighted by atomic mass is 16.4. The maximum Gasteiger partial charge on any atom is 0.488 e. The van der Waals surface area contributed by atoms with Gasteiger partial charge in [-0.25, -0.2) is 0 Å². The molecule has 3 rings (SSSR count). The van der Waals surface area contributed by atoms with Crippen molar-refractivity contribution in [3.63, 3.8) is 0 Å². The van der Waals surface area contributed by atoms with Gasteiger partial charge in [-0.2, -0.15) is 0 Å². The Morgan fingerprint density at radius 3 is 2.43 bits per heavy atom. The van der Waals surface area contributed by atoms with Crippen LogP contribution in [0.1, 0.15) is 54.1 Å². The third kappa shape index (κ3) is 5.22. The molecule has 2 aromatic rings. The molecule has 1 aliphatic rings. The molecule has 1 amide bonds. The number of benzene rings is 2. The number of carbonyl (C=O) groups excluding carboxylic acids is 1. The summed E-state index contributed by atoms with van der Waals surface area (Å²) in [4.78, 5) is 14.6. The van der Waals surface area contributed by atoms with Gasteiger partial charge in [-0.1, -0.05) is 50.2 Å². The van der Waals surface area contributed by atoms with Crippen LogP contribution in [0.2, 0.25) is 0 Å². The van der Waals surface area contributed by atoms with Crippen LogP contribution >= 0.6 is 0 Å². The Bertz CT molecular complexity index is 785. The Labute approximate surface area is 167 Å². The minimum atomic E-state index is -1.51. The fraction of sp³-hybridized carbons (Fsp3) is 0.409. The molecule has 0 atom stereocenters. The smallest absolute Gasteiger partial charge is 0.423 e. The van der Waals surface area contributed by atoms with Crippen molar-refractivity contribution in [2.75, 3.05) is 13.1 Å². The first-order valence-electron chi connectivity index (χ1n) is 10.0. The molecule has 1 saturated heterocycles. The molecule has 0 radical (unpaired) electrons. The molecule has 1 aliphatic heterocycles. The van der Waals surface area contributed by atoms with Crippen molar-refractivity contribution in [3.05, 3.63) is 65.2 Å². The predicted molar refractivity (Wildman–Crippen MR) is 113 cm³/mol. The lowest BCUT2D eigenvalue weighted by Gasteiger charge is -2.32. The monoisotopic (exact) mass is 380 g/mol. The van der Waals surface area contributed by atoms with E-state index in [1.54, 1.807) is 24.3 Å². The number of hydrogen-bond donors (Lipinski definition) is 3. The minimum absolute atomic E-state index is 0.00677. The average molecular weight is 380 g/mol. The summed E-state index contributed by atoms with van der Waals surface area (Å²) in [6.07, 6.45) is 1.92. The molecule has 28 heavy (non-hydrogen) atoms. The number of likely N-dealkylation sites (tertiary alicyclic amines) is 1. The highest BCUT2D eigenvalue weighted by molar-refractivity contribution is 6.58. The zero-order valence-electron chi connectivity index (χ0n) is 16.6. The van der Waals surface area contributed by atoms with Crippen molar-refractivity contribution in [2.24, 2.45) is 0 Å². The maximum absolute atomic E-state index is 12.7. The molecule has 0 aliphatic carbocycles. The van der Waals surface area contributed by atoms with Gasteiger partial charge >= 0.3 is 7.12 Å². The van der Waals surface area contributed by atoms with Gasteiger partial charge in [0, 0.05) is 31.2 Å². The molecular weight excluding hydrogens is 351 g/mol. The van der Waals surface area contributed by atoms with Crippen LogP contribution in [0.15, 0.2) is 48.5 Å². The van der Waals surface area contributed by atoms with Crippen LogP contribution in [-0.2, 0) is 6.54 Å². The van der Waals surface area contributed by atoms with E-state index in [9.17, 15) is 14.8 Å². The highest BCUT2D eigenvalue weighted by Gasteiger charge is 2.25. The summed E-state index contributed by atoms with van der Waals surface area (Å²) in [5, 5.41) is 21.8. The first-order valence-corrected chi connectivity index (χ1v) is 10.0. The van der Waals surface area contributed by atoms with Crippen LogP contribution in [0, 0.1) is 0 Å². The van der Waals surface area contributed by atoms with Gasteiger partial charge in [0.2, 0.25) is 0 Å². The molecule has 0 bridgehead atoms. The van der Waals surface area contributed by atoms with Gasteiger partial charge in [0.15, 0.2) is 0 Å². The SMILES string of the molecule is CC(C)NCc1cccc(C2CCN(C(=O)c3ccc(B(O)O)cc3)CC2)c1. The Morgan fingerprint density at radius 1 is 1.14 bits per heavy atom. The molecule has 3 N–H and O–H groups in total. The number of hydrogen-bond acceptors (Lipinski definition) is 4. The summed E-state index contributed by atoms with van der Waals surface area (Å²) >= 11 is 0. The first-order chi connectivity index (χ1) is 13.4. The fourth-order valence-corrected chi connectivity index (χ4v) is 3.68. The zero-order chi connectivity index (χ0) is 20.1. The third-order valence-corrected chi connectivity index (χ3v) is 5.37. The van der Waals surface area contributed by atoms with Gasteiger partial charge in [0.05, 0.1) is 0 Å². The summed E-state index contributed by atoms with van der Waals surface area (Å²) in [6.45, 7) is 6.65. The molecule has 1 fully saturated rings. The second kappa shape index (κ2) is 9.37. The van der Waals surface area contributed by atoms with Gasteiger partial charge in [-0.15, -0.1) is 0 Å². The van der Waals surface area contributed by atoms with E-state index in [-0.39, 0.29) is 5.91 Å². The first kappa shape index (κ1) is 20.6. The topological polar surface area (TPSA) is 72.8 Å². The lowest BCUT2D eigenvalue weighted by molar-refractivity contribution is 0.0713. The predicted octanol–water partition coefficient (Wildman–Crippen LogP) is 1.88. The highest BCUT2D eigenvalue weighted by Crippen LogP contribution is 2.29. The number of rotatable bonds is 6. The minimum Gasteiger partial charge on any atom is -0.423 e. The van der Waals surface area contributed by atoms with E-state index in [0.717, 1.165) is 32.5 Å². The van der Waals surface area contributed by atoms with Crippen molar-refractivity contribution in [1.29, 1.82) is 0 Å². The molecule has 2 aromatic carbocycles. The van der Waals surface area contributed by atoms with Gasteiger partial charge in [-0.3, -0.25) is 4.79 Å². The second-order valence-corrected chi connectivity index (χ2v) is 7.84. The van der Waals surface area contributed by atoms with Gasteiger partial charge in [0.25, 0.3) is 5.91 Å². The Hall–Kier alpha value is -2.15. The fourth-order valence-electron chi connectivity index (χ4n) is 3.68. The summed E-state index contributed by atoms with van der Waals surface area (Å²) < 4.78 is 0. The second-order valence-electron chi connectivity index (χ2n) is 7.84. The lowest BCUT2D eigenvalue weighted by atomic mass is 9.80. The average Bonchev–Trinajstić information content (AvgIpc) is 2.72. The molecule has 0 spiro atoms. The number of nitrogens with zero attached hydrogens (tertiary/aromatic N) is 1. The molecule has 5 nitrogen and oxygen atoms in total. The molecule has 1 heterocycles. The molecule has 148 valence electrons. The van der Waals surface area contributed by atoms with E-state index >= 15 is 0 Å². The van der Waals surface area contributed by atoms with Crippen molar-refractivity contribution < 1.29 is 14.8 Å². The van der Waals surface area contributed by atoms with Crippen LogP contribution in [0.3, 0.4) is 0 Å². The van der Waals surface area contributed by atoms with Crippen molar-refractivity contribution >= 4 is 18.5 Å². The summed E-state index contributed by atoms with van der Waals surface area (Å²) in [5.41, 5.74) is 3.64. The van der Waals surface area contributed by atoms with Crippen LogP contribution in [0.4, 0.5) is 0 Å². The molecule has 6 heteroatoms. The van der Waals surface area contributed by atoms with E-state index < -0.39 is 7.12 Å². The van der Waals surface area contributed by atoms with Gasteiger partial charge in [-0.05, 0) is 47.5 Å². The standard InChI is InChI=1S/C22H29BN2O3/c1-16(2)24-15-17-4-3-5-20(14-17)18-10-12-25(13-11-18)22(26)19-6-8-21(9-7-19)23(27)28/h3-9,14,16,18,24,27-28H,10-13,15H2,1-2H3. The zero-order valence-corrected chi connectivity index (χ0v) is 16.6. The quantitative estimate of drug-likeness (QED) is 0.670. The summed E-state index contributed by atoms with van der Waals surface area (Å²) in [5.74, 6) is 0.488. The van der Waals surface area contributed by atoms with E-state index in [2.05, 4.69) is 43.4 Å². The Morgan fingerprint density at radius 2 is 1.82 bits per heavy atom. The van der Waals surface area contributed by atoms with Crippen molar-refractivity contribution in [2.45, 2.75) is 45.2 Å². The van der Waals surface area contributed by atoms with Crippen LogP contribution in [0.25, 0.3) is 0 Å². The molecule has 0 unspecified atom stereocenters. The summed E-state index contributed by atoms with van der Waals surface area (Å²) in [6, 6.07) is 15.7. The van der Waals surface area contributed by atoms with E-state index in [1.807, 2.05) is 4.90 Å². The number of nitrogens with one attached hydrogen (secondary N) is 1. The van der Waals surface area contributed by atoms with Gasteiger partial charge in [0.1, 0.15) is 0 Å². The number of piperidine rings is 1. The van der Waals surface area contributed by atoms with Crippen LogP contribution < -0.4 is 10.8 Å². The third-order valence-electron chi connectivity index (χ3n) is 5.37. The maximum atomic E-state index is 12.7. The van der Waals surface area contributed by atoms with Crippen molar-refractivity contribution in [3.8, 4) is 0 Å². The number of carbonyl (C=O) groups is 1. The Balaban J connectivity index is 1.58. The Kier molecular flexibility index (Phi) is 6.89. The van der Waals surface area contributed by atoms with E-state index in [0.29, 0.717) is 23.0 Å². The lowest BCUT2D eigenvalue weighted by Crippen LogP contribution is -2.38. The molecule has 0 aromatic heterocycles. The van der Waals surface area contributed by atoms with Crippen LogP contribution in [-0.4, -0.2) is 47.1 Å². The van der Waals surface area contributed by atoms with Crippen LogP contribution in [0.5, 0.6) is 0 Å². The molecular formula is C22H29BN2O3. The molecule has 0 saturated carbocycles. The normalized spacial score (nSPS) is 15.1. The van der Waals surface area contributed by atoms with Gasteiger partial charge < -0.3 is 20.3 Å². The van der Waals surface area contributed by atoms with Crippen molar-refractivity contribution in [1.82, 2.24) is 10.2 Å². The number of amides is 1. The van der Waals surface area contributed by atoms with E-state index in [1.165, 1.54) is 11.1 Å². The largest absolute Gasteiger partial charge is 0.488 e. The summed E-state index contributed by atoms with van der Waals surface area (Å²) in [7, 11) is -1.51. The van der Waals surface area contributed by atoms with E-state index in [4.69, 9.17) is 0 Å².